The number of carbonyl (C=O) groups is 1. The van der Waals surface area contributed by atoms with Crippen LogP contribution in [0.4, 0.5) is 4.39 Å². The molecular formula is C24H22FNO3. The Labute approximate surface area is 169 Å². The summed E-state index contributed by atoms with van der Waals surface area (Å²) in [4.78, 5) is 14.9. The first-order valence-corrected chi connectivity index (χ1v) is 9.72. The first-order valence-electron chi connectivity index (χ1n) is 9.72. The van der Waals surface area contributed by atoms with E-state index in [4.69, 9.17) is 9.84 Å². The van der Waals surface area contributed by atoms with Crippen molar-refractivity contribution in [3.8, 4) is 16.9 Å². The van der Waals surface area contributed by atoms with Gasteiger partial charge in [-0.2, -0.15) is 0 Å². The van der Waals surface area contributed by atoms with Gasteiger partial charge in [0.2, 0.25) is 0 Å². The smallest absolute Gasteiger partial charge is 0.303 e. The lowest BCUT2D eigenvalue weighted by molar-refractivity contribution is -0.136. The minimum atomic E-state index is -0.826. The molecule has 29 heavy (non-hydrogen) atoms. The molecule has 4 rings (SSSR count). The van der Waals surface area contributed by atoms with Crippen LogP contribution in [0.5, 0.6) is 5.75 Å². The van der Waals surface area contributed by atoms with Gasteiger partial charge in [-0.15, -0.1) is 0 Å². The van der Waals surface area contributed by atoms with E-state index in [0.29, 0.717) is 18.4 Å². The van der Waals surface area contributed by atoms with E-state index >= 15 is 0 Å². The Morgan fingerprint density at radius 3 is 2.86 bits per heavy atom. The quantitative estimate of drug-likeness (QED) is 0.643. The Bertz CT molecular complexity index is 1060. The highest BCUT2D eigenvalue weighted by Crippen LogP contribution is 2.37. The van der Waals surface area contributed by atoms with Gasteiger partial charge >= 0.3 is 5.97 Å². The minimum absolute atomic E-state index is 0.0761. The molecule has 1 aromatic heterocycles. The molecule has 1 aliphatic rings. The zero-order valence-corrected chi connectivity index (χ0v) is 16.2. The van der Waals surface area contributed by atoms with E-state index in [-0.39, 0.29) is 18.3 Å². The summed E-state index contributed by atoms with van der Waals surface area (Å²) >= 11 is 0. The van der Waals surface area contributed by atoms with E-state index in [0.717, 1.165) is 40.0 Å². The average Bonchev–Trinajstić information content (AvgIpc) is 2.72. The third kappa shape index (κ3) is 4.14. The number of nitrogens with zero attached hydrogens (tertiary/aromatic N) is 1. The van der Waals surface area contributed by atoms with Gasteiger partial charge in [0, 0.05) is 24.4 Å². The SMILES string of the molecule is Cc1cnccc1-c1ccc(C2CCc3ccc(CCC(=O)O)cc3O2)c(F)c1. The van der Waals surface area contributed by atoms with Crippen molar-refractivity contribution in [2.75, 3.05) is 0 Å². The fraction of sp³-hybridized carbons (Fsp3) is 0.250. The predicted molar refractivity (Wildman–Crippen MR) is 108 cm³/mol. The number of carboxylic acid groups (broad SMARTS) is 1. The molecule has 0 saturated heterocycles. The van der Waals surface area contributed by atoms with Crippen molar-refractivity contribution in [3.63, 3.8) is 0 Å². The first kappa shape index (κ1) is 19.1. The lowest BCUT2D eigenvalue weighted by Gasteiger charge is -2.27. The molecule has 0 radical (unpaired) electrons. The topological polar surface area (TPSA) is 59.4 Å². The van der Waals surface area contributed by atoms with Gasteiger partial charge in [0.1, 0.15) is 17.7 Å². The Morgan fingerprint density at radius 1 is 1.24 bits per heavy atom. The number of halogens is 1. The van der Waals surface area contributed by atoms with Gasteiger partial charge in [0.05, 0.1) is 0 Å². The standard InChI is InChI=1S/C24H22FNO3/c1-15-14-26-11-10-19(15)18-5-7-20(21(25)13-18)22-8-6-17-4-2-16(3-9-24(27)28)12-23(17)29-22/h2,4-5,7,10-14,22H,3,6,8-9H2,1H3,(H,27,28). The molecule has 3 aromatic rings. The maximum absolute atomic E-state index is 15.0. The largest absolute Gasteiger partial charge is 0.485 e. The summed E-state index contributed by atoms with van der Waals surface area (Å²) in [6, 6.07) is 13.0. The maximum atomic E-state index is 15.0. The third-order valence-corrected chi connectivity index (χ3v) is 5.38. The van der Waals surface area contributed by atoms with Gasteiger partial charge in [-0.1, -0.05) is 24.3 Å². The number of aryl methyl sites for hydroxylation is 3. The van der Waals surface area contributed by atoms with E-state index in [1.54, 1.807) is 24.5 Å². The van der Waals surface area contributed by atoms with Crippen LogP contribution in [0.2, 0.25) is 0 Å². The number of aromatic nitrogens is 1. The fourth-order valence-electron chi connectivity index (χ4n) is 3.79. The minimum Gasteiger partial charge on any atom is -0.485 e. The van der Waals surface area contributed by atoms with Crippen LogP contribution < -0.4 is 4.74 Å². The average molecular weight is 391 g/mol. The molecule has 4 nitrogen and oxygen atoms in total. The van der Waals surface area contributed by atoms with Crippen LogP contribution in [0.25, 0.3) is 11.1 Å². The molecule has 0 saturated carbocycles. The second-order valence-corrected chi connectivity index (χ2v) is 7.41. The molecule has 0 bridgehead atoms. The number of ether oxygens (including phenoxy) is 1. The van der Waals surface area contributed by atoms with E-state index in [1.165, 1.54) is 0 Å². The van der Waals surface area contributed by atoms with Gasteiger partial charge in [-0.25, -0.2) is 4.39 Å². The maximum Gasteiger partial charge on any atom is 0.303 e. The number of pyridine rings is 1. The molecule has 1 atom stereocenters. The van der Waals surface area contributed by atoms with Gasteiger partial charge in [-0.3, -0.25) is 9.78 Å². The van der Waals surface area contributed by atoms with Gasteiger partial charge in [-0.05, 0) is 72.2 Å². The highest BCUT2D eigenvalue weighted by molar-refractivity contribution is 5.67. The number of hydrogen-bond acceptors (Lipinski definition) is 3. The van der Waals surface area contributed by atoms with Crippen LogP contribution in [0, 0.1) is 12.7 Å². The van der Waals surface area contributed by atoms with Crippen LogP contribution in [-0.2, 0) is 17.6 Å². The normalized spacial score (nSPS) is 15.4. The van der Waals surface area contributed by atoms with Crippen LogP contribution in [0.3, 0.4) is 0 Å². The molecular weight excluding hydrogens is 369 g/mol. The van der Waals surface area contributed by atoms with E-state index in [2.05, 4.69) is 4.98 Å². The number of rotatable bonds is 5. The molecule has 2 heterocycles. The number of fused-ring (bicyclic) bond motifs is 1. The number of aliphatic carboxylic acids is 1. The lowest BCUT2D eigenvalue weighted by atomic mass is 9.94. The zero-order chi connectivity index (χ0) is 20.4. The Balaban J connectivity index is 1.57. The molecule has 148 valence electrons. The first-order chi connectivity index (χ1) is 14.0. The summed E-state index contributed by atoms with van der Waals surface area (Å²) in [6.07, 6.45) is 5.14. The summed E-state index contributed by atoms with van der Waals surface area (Å²) < 4.78 is 21.1. The van der Waals surface area contributed by atoms with E-state index in [1.807, 2.05) is 37.3 Å². The highest BCUT2D eigenvalue weighted by Gasteiger charge is 2.24. The molecule has 0 amide bonds. The summed E-state index contributed by atoms with van der Waals surface area (Å²) in [5.41, 5.74) is 5.31. The number of hydrogen-bond donors (Lipinski definition) is 1. The van der Waals surface area contributed by atoms with Crippen LogP contribution >= 0.6 is 0 Å². The molecule has 0 spiro atoms. The lowest BCUT2D eigenvalue weighted by Crippen LogP contribution is -2.16. The summed E-state index contributed by atoms with van der Waals surface area (Å²) in [5.74, 6) is -0.389. The van der Waals surface area contributed by atoms with Crippen LogP contribution in [0.1, 0.15) is 41.2 Å². The van der Waals surface area contributed by atoms with E-state index in [9.17, 15) is 9.18 Å². The second kappa shape index (κ2) is 8.03. The molecule has 0 fully saturated rings. The molecule has 5 heteroatoms. The Hall–Kier alpha value is -3.21. The van der Waals surface area contributed by atoms with Gasteiger partial charge in [0.15, 0.2) is 0 Å². The molecule has 1 aliphatic heterocycles. The molecule has 2 aromatic carbocycles. The van der Waals surface area contributed by atoms with Crippen molar-refractivity contribution in [1.82, 2.24) is 4.98 Å². The highest BCUT2D eigenvalue weighted by atomic mass is 19.1. The van der Waals surface area contributed by atoms with Gasteiger partial charge < -0.3 is 9.84 Å². The molecule has 0 aliphatic carbocycles. The van der Waals surface area contributed by atoms with Crippen molar-refractivity contribution < 1.29 is 19.0 Å². The summed E-state index contributed by atoms with van der Waals surface area (Å²) in [7, 11) is 0. The fourth-order valence-corrected chi connectivity index (χ4v) is 3.79. The summed E-state index contributed by atoms with van der Waals surface area (Å²) in [5, 5.41) is 8.88. The van der Waals surface area contributed by atoms with Crippen molar-refractivity contribution in [1.29, 1.82) is 0 Å². The van der Waals surface area contributed by atoms with Crippen molar-refractivity contribution >= 4 is 5.97 Å². The predicted octanol–water partition coefficient (Wildman–Crippen LogP) is 5.28. The van der Waals surface area contributed by atoms with Crippen molar-refractivity contribution in [2.45, 2.75) is 38.7 Å². The van der Waals surface area contributed by atoms with Crippen LogP contribution in [0.15, 0.2) is 54.9 Å². The Morgan fingerprint density at radius 2 is 2.10 bits per heavy atom. The second-order valence-electron chi connectivity index (χ2n) is 7.41. The molecule has 1 unspecified atom stereocenters. The monoisotopic (exact) mass is 391 g/mol. The van der Waals surface area contributed by atoms with Crippen LogP contribution in [-0.4, -0.2) is 16.1 Å². The van der Waals surface area contributed by atoms with Gasteiger partial charge in [0.25, 0.3) is 0 Å². The summed E-state index contributed by atoms with van der Waals surface area (Å²) in [6.45, 7) is 1.96. The zero-order valence-electron chi connectivity index (χ0n) is 16.2. The molecule has 1 N–H and O–H groups in total. The number of carboxylic acids is 1. The van der Waals surface area contributed by atoms with Crippen molar-refractivity contribution in [2.24, 2.45) is 0 Å². The van der Waals surface area contributed by atoms with Crippen molar-refractivity contribution in [3.05, 3.63) is 82.9 Å². The Kier molecular flexibility index (Phi) is 5.30. The number of benzene rings is 2. The van der Waals surface area contributed by atoms with E-state index < -0.39 is 5.97 Å². The third-order valence-electron chi connectivity index (χ3n) is 5.38.